The largest absolute Gasteiger partial charge is 0.748 e. The van der Waals surface area contributed by atoms with Gasteiger partial charge in [-0.05, 0) is 12.1 Å². The fraction of sp³-hybridized carbons (Fsp3) is 0. The summed E-state index contributed by atoms with van der Waals surface area (Å²) in [5.41, 5.74) is 0.537. The summed E-state index contributed by atoms with van der Waals surface area (Å²) in [6.45, 7) is 0. The molecule has 3 rings (SSSR count). The van der Waals surface area contributed by atoms with Gasteiger partial charge in [-0.15, -0.1) is 24.0 Å². The summed E-state index contributed by atoms with van der Waals surface area (Å²) in [7, 11) is 0. The van der Waals surface area contributed by atoms with Gasteiger partial charge in [-0.3, -0.25) is 0 Å². The number of aromatic hydroxyl groups is 3. The second-order valence-electron chi connectivity index (χ2n) is 4.54. The van der Waals surface area contributed by atoms with Gasteiger partial charge in [0.25, 0.3) is 0 Å². The molecule has 4 nitrogen and oxygen atoms in total. The predicted molar refractivity (Wildman–Crippen MR) is 86.7 cm³/mol. The molecule has 0 heterocycles. The van der Waals surface area contributed by atoms with Gasteiger partial charge in [0.15, 0.2) is 11.5 Å². The van der Waals surface area contributed by atoms with E-state index in [-0.39, 0.29) is 28.4 Å². The maximum atomic E-state index is 11.6. The van der Waals surface area contributed by atoms with Crippen LogP contribution in [0.2, 0.25) is 0 Å². The van der Waals surface area contributed by atoms with Gasteiger partial charge in [-0.25, -0.2) is 0 Å². The molecular weight excluding hydrogens is 348 g/mol. The van der Waals surface area contributed by atoms with Crippen LogP contribution in [-0.2, 0) is 17.1 Å². The van der Waals surface area contributed by atoms with E-state index in [0.29, 0.717) is 5.56 Å². The number of hydrogen-bond acceptors (Lipinski definition) is 4. The van der Waals surface area contributed by atoms with Crippen LogP contribution in [0.4, 0.5) is 0 Å². The Labute approximate surface area is 150 Å². The Morgan fingerprint density at radius 3 is 2.00 bits per heavy atom. The smallest absolute Gasteiger partial charge is 0.201 e. The van der Waals surface area contributed by atoms with E-state index < -0.39 is 17.2 Å². The number of rotatable bonds is 1. The SMILES string of the molecule is O=C(C#Cc1ccc(O)c(O)c1O)[c-]1cccc1.[Fe].[cH-]1[cH-][cH-][cH-][cH-]1. The van der Waals surface area contributed by atoms with Crippen LogP contribution in [-0.4, -0.2) is 21.1 Å². The zero-order valence-corrected chi connectivity index (χ0v) is 13.6. The maximum absolute atomic E-state index is 11.6. The molecular formula is C19H14FeO4-6. The first kappa shape index (κ1) is 19.1. The second kappa shape index (κ2) is 9.26. The van der Waals surface area contributed by atoms with Crippen molar-refractivity contribution in [3.63, 3.8) is 0 Å². The first-order chi connectivity index (χ1) is 11.1. The summed E-state index contributed by atoms with van der Waals surface area (Å²) >= 11 is 0. The van der Waals surface area contributed by atoms with E-state index in [9.17, 15) is 15.0 Å². The van der Waals surface area contributed by atoms with Crippen LogP contribution in [0, 0.1) is 11.8 Å². The summed E-state index contributed by atoms with van der Waals surface area (Å²) in [6, 6.07) is 19.2. The monoisotopic (exact) mass is 362 g/mol. The van der Waals surface area contributed by atoms with Crippen LogP contribution in [0.3, 0.4) is 0 Å². The summed E-state index contributed by atoms with van der Waals surface area (Å²) in [6.07, 6.45) is 0. The minimum atomic E-state index is -0.650. The number of hydrogen-bond donors (Lipinski definition) is 3. The zero-order valence-electron chi connectivity index (χ0n) is 12.5. The molecule has 0 fully saturated rings. The molecule has 0 aromatic heterocycles. The average Bonchev–Trinajstić information content (AvgIpc) is 3.27. The van der Waals surface area contributed by atoms with Gasteiger partial charge in [0.1, 0.15) is 5.78 Å². The molecule has 0 aliphatic heterocycles. The third-order valence-corrected chi connectivity index (χ3v) is 2.92. The minimum Gasteiger partial charge on any atom is -0.748 e. The Bertz CT molecular complexity index is 805. The summed E-state index contributed by atoms with van der Waals surface area (Å²) in [4.78, 5) is 11.6. The van der Waals surface area contributed by atoms with Crippen molar-refractivity contribution >= 4 is 5.78 Å². The standard InChI is InChI=1S/C14H9O4.C5H5.Fe/c15-11(9-3-1-2-4-9)7-5-10-6-8-12(16)14(18)13(10)17;1-2-4-5-3-1;/h1-4,6,8,16-18H;1-5H;/q-1;-5;. The first-order valence-electron chi connectivity index (χ1n) is 6.78. The molecule has 24 heavy (non-hydrogen) atoms. The van der Waals surface area contributed by atoms with E-state index in [1.807, 2.05) is 30.3 Å². The fourth-order valence-corrected chi connectivity index (χ4v) is 1.71. The Balaban J connectivity index is 0.000000412. The van der Waals surface area contributed by atoms with E-state index in [0.717, 1.165) is 0 Å². The van der Waals surface area contributed by atoms with Crippen molar-refractivity contribution in [1.29, 1.82) is 0 Å². The first-order valence-corrected chi connectivity index (χ1v) is 6.78. The molecule has 0 radical (unpaired) electrons. The van der Waals surface area contributed by atoms with Crippen LogP contribution in [0.1, 0.15) is 15.9 Å². The molecule has 0 unspecified atom stereocenters. The Morgan fingerprint density at radius 2 is 1.46 bits per heavy atom. The van der Waals surface area contributed by atoms with E-state index in [1.165, 1.54) is 12.1 Å². The number of carbonyl (C=O) groups excluding carboxylic acids is 1. The fourth-order valence-electron chi connectivity index (χ4n) is 1.71. The van der Waals surface area contributed by atoms with Gasteiger partial charge in [0.05, 0.1) is 5.56 Å². The van der Waals surface area contributed by atoms with Gasteiger partial charge < -0.3 is 50.4 Å². The average molecular weight is 362 g/mol. The predicted octanol–water partition coefficient (Wildman–Crippen LogP) is 3.16. The number of carbonyl (C=O) groups is 1. The van der Waals surface area contributed by atoms with Gasteiger partial charge >= 0.3 is 0 Å². The molecule has 0 aliphatic carbocycles. The third-order valence-electron chi connectivity index (χ3n) is 2.92. The molecule has 0 aliphatic rings. The quantitative estimate of drug-likeness (QED) is 0.204. The number of ketones is 1. The molecule has 0 amide bonds. The van der Waals surface area contributed by atoms with Crippen molar-refractivity contribution in [3.8, 4) is 29.1 Å². The Hall–Kier alpha value is -2.93. The number of phenols is 3. The molecule has 0 saturated heterocycles. The molecule has 3 N–H and O–H groups in total. The molecule has 128 valence electrons. The van der Waals surface area contributed by atoms with Gasteiger partial charge in [0.2, 0.25) is 5.75 Å². The summed E-state index contributed by atoms with van der Waals surface area (Å²) in [5, 5.41) is 27.9. The van der Waals surface area contributed by atoms with E-state index >= 15 is 0 Å². The van der Waals surface area contributed by atoms with E-state index in [4.69, 9.17) is 5.11 Å². The second-order valence-corrected chi connectivity index (χ2v) is 4.54. The van der Waals surface area contributed by atoms with Crippen LogP contribution >= 0.6 is 0 Å². The number of phenolic OH excluding ortho intramolecular Hbond substituents is 3. The molecule has 0 atom stereocenters. The van der Waals surface area contributed by atoms with Crippen molar-refractivity contribution < 1.29 is 37.2 Å². The Morgan fingerprint density at radius 1 is 0.917 bits per heavy atom. The van der Waals surface area contributed by atoms with Crippen molar-refractivity contribution in [2.24, 2.45) is 0 Å². The van der Waals surface area contributed by atoms with Crippen LogP contribution in [0.5, 0.6) is 17.2 Å². The molecule has 0 spiro atoms. The molecule has 0 saturated carbocycles. The number of Topliss-reactive ketones (excluding diaryl/α,β-unsaturated/α-hetero) is 1. The maximum Gasteiger partial charge on any atom is 0.201 e. The van der Waals surface area contributed by atoms with Gasteiger partial charge in [-0.1, -0.05) is 5.56 Å². The van der Waals surface area contributed by atoms with Crippen molar-refractivity contribution in [2.75, 3.05) is 0 Å². The normalized spacial score (nSPS) is 8.83. The zero-order chi connectivity index (χ0) is 16.7. The van der Waals surface area contributed by atoms with Crippen molar-refractivity contribution in [2.45, 2.75) is 0 Å². The summed E-state index contributed by atoms with van der Waals surface area (Å²) in [5.74, 6) is 2.77. The molecule has 5 heteroatoms. The van der Waals surface area contributed by atoms with Gasteiger partial charge in [0, 0.05) is 17.1 Å². The van der Waals surface area contributed by atoms with Crippen LogP contribution < -0.4 is 0 Å². The van der Waals surface area contributed by atoms with Gasteiger partial charge in [-0.2, -0.15) is 12.1 Å². The minimum absolute atomic E-state index is 0. The Kier molecular flexibility index (Phi) is 7.38. The molecule has 3 aromatic carbocycles. The van der Waals surface area contributed by atoms with Crippen molar-refractivity contribution in [1.82, 2.24) is 0 Å². The molecule has 3 aromatic rings. The van der Waals surface area contributed by atoms with Crippen molar-refractivity contribution in [3.05, 3.63) is 77.9 Å². The topological polar surface area (TPSA) is 77.8 Å². The van der Waals surface area contributed by atoms with Crippen LogP contribution in [0.15, 0.2) is 66.7 Å². The third kappa shape index (κ3) is 5.06. The number of benzene rings is 1. The van der Waals surface area contributed by atoms with E-state index in [2.05, 4.69) is 11.8 Å². The van der Waals surface area contributed by atoms with Crippen LogP contribution in [0.25, 0.3) is 0 Å². The summed E-state index contributed by atoms with van der Waals surface area (Å²) < 4.78 is 0. The molecule has 0 bridgehead atoms. The van der Waals surface area contributed by atoms with E-state index in [1.54, 1.807) is 24.3 Å².